The van der Waals surface area contributed by atoms with Crippen LogP contribution >= 0.6 is 0 Å². The van der Waals surface area contributed by atoms with Gasteiger partial charge in [-0.2, -0.15) is 0 Å². The van der Waals surface area contributed by atoms with E-state index >= 15 is 0 Å². The van der Waals surface area contributed by atoms with Crippen molar-refractivity contribution in [2.45, 2.75) is 24.4 Å². The van der Waals surface area contributed by atoms with Crippen molar-refractivity contribution in [2.75, 3.05) is 0 Å². The topological polar surface area (TPSA) is 158 Å². The summed E-state index contributed by atoms with van der Waals surface area (Å²) in [6, 6.07) is 7.26. The van der Waals surface area contributed by atoms with E-state index in [2.05, 4.69) is 0 Å². The van der Waals surface area contributed by atoms with Gasteiger partial charge in [-0.1, -0.05) is 30.3 Å². The highest BCUT2D eigenvalue weighted by atomic mass is 16.4. The minimum absolute atomic E-state index is 0.0151. The van der Waals surface area contributed by atoms with Gasteiger partial charge in [0, 0.05) is 5.56 Å². The van der Waals surface area contributed by atoms with Crippen LogP contribution in [0.3, 0.4) is 0 Å². The van der Waals surface area contributed by atoms with Gasteiger partial charge in [-0.15, -0.1) is 0 Å². The molecule has 1 aromatic carbocycles. The summed E-state index contributed by atoms with van der Waals surface area (Å²) >= 11 is 0. The fraction of sp³-hybridized carbons (Fsp3) is 0.308. The number of aliphatic hydroxyl groups excluding tert-OH is 4. The molecule has 0 fully saturated rings. The molecule has 21 heavy (non-hydrogen) atoms. The molecular weight excluding hydrogens is 282 g/mol. The standard InChI is InChI=1S/C13H15NO7/c14-13(21)12(20)11(19)10(18)9(17)8(16)7(15)6-4-2-1-3-5-6/h1-5,9-12,17-20H,(H2,14,21)/t9-,10+,11+,12-/m0/s1. The predicted octanol–water partition coefficient (Wildman–Crippen LogP) is -2.63. The maximum atomic E-state index is 11.8. The van der Waals surface area contributed by atoms with Crippen LogP contribution in [0.4, 0.5) is 0 Å². The molecule has 1 aromatic rings. The Balaban J connectivity index is 2.83. The molecule has 114 valence electrons. The van der Waals surface area contributed by atoms with Crippen LogP contribution in [0.1, 0.15) is 10.4 Å². The number of benzene rings is 1. The van der Waals surface area contributed by atoms with Crippen LogP contribution in [0.15, 0.2) is 30.3 Å². The molecule has 0 aliphatic rings. The number of carbonyl (C=O) groups excluding carboxylic acids is 3. The number of aliphatic hydroxyl groups is 4. The maximum absolute atomic E-state index is 11.8. The SMILES string of the molecule is NC(=O)[C@@H](O)[C@H](O)[C@H](O)[C@@H](O)C(=O)C(=O)c1ccccc1. The van der Waals surface area contributed by atoms with Crippen LogP contribution in [0.2, 0.25) is 0 Å². The first kappa shape index (κ1) is 16.9. The Hall–Kier alpha value is -2.13. The highest BCUT2D eigenvalue weighted by Gasteiger charge is 2.38. The summed E-state index contributed by atoms with van der Waals surface area (Å²) in [6.45, 7) is 0. The number of amides is 1. The minimum atomic E-state index is -2.30. The van der Waals surface area contributed by atoms with E-state index in [0.29, 0.717) is 0 Å². The molecule has 1 amide bonds. The smallest absolute Gasteiger partial charge is 0.249 e. The van der Waals surface area contributed by atoms with Crippen LogP contribution in [-0.4, -0.2) is 62.3 Å². The Bertz CT molecular complexity index is 531. The molecule has 0 heterocycles. The maximum Gasteiger partial charge on any atom is 0.249 e. The molecule has 0 aliphatic carbocycles. The Morgan fingerprint density at radius 1 is 0.857 bits per heavy atom. The molecule has 0 bridgehead atoms. The number of ketones is 2. The summed E-state index contributed by atoms with van der Waals surface area (Å²) in [5, 5.41) is 37.7. The van der Waals surface area contributed by atoms with Gasteiger partial charge in [-0.3, -0.25) is 14.4 Å². The van der Waals surface area contributed by atoms with Crippen molar-refractivity contribution in [1.82, 2.24) is 0 Å². The lowest BCUT2D eigenvalue weighted by Crippen LogP contribution is -2.52. The van der Waals surface area contributed by atoms with Gasteiger partial charge >= 0.3 is 0 Å². The van der Waals surface area contributed by atoms with Gasteiger partial charge in [-0.25, -0.2) is 0 Å². The molecular formula is C13H15NO7. The average molecular weight is 297 g/mol. The molecule has 0 saturated heterocycles. The van der Waals surface area contributed by atoms with Crippen molar-refractivity contribution < 1.29 is 34.8 Å². The first-order chi connectivity index (χ1) is 9.77. The zero-order valence-electron chi connectivity index (χ0n) is 10.8. The van der Waals surface area contributed by atoms with Crippen molar-refractivity contribution in [3.8, 4) is 0 Å². The summed E-state index contributed by atoms with van der Waals surface area (Å²) < 4.78 is 0. The second kappa shape index (κ2) is 7.04. The van der Waals surface area contributed by atoms with Crippen molar-refractivity contribution in [1.29, 1.82) is 0 Å². The molecule has 4 atom stereocenters. The first-order valence-corrected chi connectivity index (χ1v) is 5.92. The van der Waals surface area contributed by atoms with E-state index in [1.807, 2.05) is 0 Å². The van der Waals surface area contributed by atoms with Crippen LogP contribution in [0, 0.1) is 0 Å². The molecule has 0 aliphatic heterocycles. The monoisotopic (exact) mass is 297 g/mol. The van der Waals surface area contributed by atoms with Crippen molar-refractivity contribution in [3.63, 3.8) is 0 Å². The van der Waals surface area contributed by atoms with E-state index in [1.165, 1.54) is 24.3 Å². The molecule has 0 radical (unpaired) electrons. The first-order valence-electron chi connectivity index (χ1n) is 5.92. The van der Waals surface area contributed by atoms with Crippen molar-refractivity contribution in [2.24, 2.45) is 5.73 Å². The van der Waals surface area contributed by atoms with Crippen molar-refractivity contribution >= 4 is 17.5 Å². The summed E-state index contributed by atoms with van der Waals surface area (Å²) in [4.78, 5) is 34.1. The molecule has 0 saturated carbocycles. The van der Waals surface area contributed by atoms with Gasteiger partial charge in [-0.05, 0) is 0 Å². The third-order valence-electron chi connectivity index (χ3n) is 2.82. The largest absolute Gasteiger partial charge is 0.387 e. The van der Waals surface area contributed by atoms with Crippen LogP contribution in [-0.2, 0) is 9.59 Å². The van der Waals surface area contributed by atoms with Gasteiger partial charge in [0.05, 0.1) is 0 Å². The van der Waals surface area contributed by atoms with Gasteiger partial charge in [0.1, 0.15) is 18.3 Å². The third kappa shape index (κ3) is 3.92. The molecule has 0 unspecified atom stereocenters. The van der Waals surface area contributed by atoms with Gasteiger partial charge in [0.2, 0.25) is 17.5 Å². The third-order valence-corrected chi connectivity index (χ3v) is 2.82. The lowest BCUT2D eigenvalue weighted by atomic mass is 9.95. The lowest BCUT2D eigenvalue weighted by molar-refractivity contribution is -0.150. The fourth-order valence-electron chi connectivity index (χ4n) is 1.56. The molecule has 0 aromatic heterocycles. The van der Waals surface area contributed by atoms with Crippen LogP contribution in [0.5, 0.6) is 0 Å². The summed E-state index contributed by atoms with van der Waals surface area (Å²) in [5.74, 6) is -3.82. The van der Waals surface area contributed by atoms with E-state index in [4.69, 9.17) is 10.8 Å². The fourth-order valence-corrected chi connectivity index (χ4v) is 1.56. The second-order valence-corrected chi connectivity index (χ2v) is 4.33. The van der Waals surface area contributed by atoms with Gasteiger partial charge in [0.25, 0.3) is 0 Å². The van der Waals surface area contributed by atoms with E-state index in [0.717, 1.165) is 0 Å². The zero-order valence-corrected chi connectivity index (χ0v) is 10.8. The predicted molar refractivity (Wildman–Crippen MR) is 69.0 cm³/mol. The lowest BCUT2D eigenvalue weighted by Gasteiger charge is -2.23. The van der Waals surface area contributed by atoms with E-state index in [1.54, 1.807) is 6.07 Å². The number of hydrogen-bond acceptors (Lipinski definition) is 7. The van der Waals surface area contributed by atoms with E-state index < -0.39 is 41.9 Å². The van der Waals surface area contributed by atoms with Crippen LogP contribution in [0.25, 0.3) is 0 Å². The number of hydrogen-bond donors (Lipinski definition) is 5. The summed E-state index contributed by atoms with van der Waals surface area (Å²) in [6.07, 6.45) is -8.94. The quantitative estimate of drug-likeness (QED) is 0.272. The second-order valence-electron chi connectivity index (χ2n) is 4.33. The Morgan fingerprint density at radius 2 is 1.33 bits per heavy atom. The summed E-state index contributed by atoms with van der Waals surface area (Å²) in [7, 11) is 0. The molecule has 0 spiro atoms. The van der Waals surface area contributed by atoms with Gasteiger partial charge in [0.15, 0.2) is 6.10 Å². The van der Waals surface area contributed by atoms with Crippen molar-refractivity contribution in [3.05, 3.63) is 35.9 Å². The zero-order chi connectivity index (χ0) is 16.2. The molecule has 8 nitrogen and oxygen atoms in total. The Kier molecular flexibility index (Phi) is 5.68. The number of nitrogens with two attached hydrogens (primary N) is 1. The Morgan fingerprint density at radius 3 is 1.81 bits per heavy atom. The average Bonchev–Trinajstić information content (AvgIpc) is 2.51. The van der Waals surface area contributed by atoms with Crippen LogP contribution < -0.4 is 5.73 Å². The van der Waals surface area contributed by atoms with E-state index in [9.17, 15) is 29.7 Å². The Labute approximate surface area is 119 Å². The molecule has 8 heteroatoms. The highest BCUT2D eigenvalue weighted by Crippen LogP contribution is 2.09. The van der Waals surface area contributed by atoms with Gasteiger partial charge < -0.3 is 26.2 Å². The number of carbonyl (C=O) groups is 3. The summed E-state index contributed by atoms with van der Waals surface area (Å²) in [5.41, 5.74) is 4.69. The minimum Gasteiger partial charge on any atom is -0.387 e. The number of primary amides is 1. The van der Waals surface area contributed by atoms with E-state index in [-0.39, 0.29) is 5.56 Å². The molecule has 6 N–H and O–H groups in total. The highest BCUT2D eigenvalue weighted by molar-refractivity contribution is 6.45. The normalized spacial score (nSPS) is 16.6. The molecule has 1 rings (SSSR count). The number of Topliss-reactive ketones (excluding diaryl/α,β-unsaturated/α-hetero) is 2. The number of rotatable bonds is 7.